The zero-order chi connectivity index (χ0) is 25.6. The SMILES string of the molecule is O=C(Nc1c(-c2ccccc2F)ccnc1N1CCC(F)(P)C1)N1CCC2(CC1)COc1ccccc12. The van der Waals surface area contributed by atoms with E-state index in [1.165, 1.54) is 11.6 Å². The monoisotopic (exact) mass is 522 g/mol. The van der Waals surface area contributed by atoms with Crippen LogP contribution in [0.2, 0.25) is 0 Å². The molecule has 1 spiro atoms. The summed E-state index contributed by atoms with van der Waals surface area (Å²) in [6.45, 7) is 2.33. The lowest BCUT2D eigenvalue weighted by molar-refractivity contribution is 0.148. The van der Waals surface area contributed by atoms with Gasteiger partial charge in [0, 0.05) is 54.4 Å². The highest BCUT2D eigenvalue weighted by Crippen LogP contribution is 2.46. The second-order valence-electron chi connectivity index (χ2n) is 10.2. The Morgan fingerprint density at radius 2 is 1.76 bits per heavy atom. The van der Waals surface area contributed by atoms with Crippen molar-refractivity contribution in [2.75, 3.05) is 43.0 Å². The molecule has 3 aliphatic heterocycles. The lowest BCUT2D eigenvalue weighted by atomic mass is 9.74. The van der Waals surface area contributed by atoms with Gasteiger partial charge in [-0.25, -0.2) is 18.6 Å². The van der Waals surface area contributed by atoms with Crippen LogP contribution in [0.15, 0.2) is 60.8 Å². The van der Waals surface area contributed by atoms with E-state index in [-0.39, 0.29) is 18.0 Å². The van der Waals surface area contributed by atoms with Crippen molar-refractivity contribution in [3.63, 3.8) is 0 Å². The number of nitrogens with zero attached hydrogens (tertiary/aromatic N) is 3. The summed E-state index contributed by atoms with van der Waals surface area (Å²) in [6.07, 6.45) is 3.49. The second-order valence-corrected chi connectivity index (χ2v) is 11.3. The third kappa shape index (κ3) is 4.42. The van der Waals surface area contributed by atoms with Gasteiger partial charge in [0.25, 0.3) is 0 Å². The maximum atomic E-state index is 14.8. The van der Waals surface area contributed by atoms with Crippen molar-refractivity contribution in [1.29, 1.82) is 0 Å². The van der Waals surface area contributed by atoms with Gasteiger partial charge in [0.05, 0.1) is 18.8 Å². The van der Waals surface area contributed by atoms with Crippen molar-refractivity contribution in [3.05, 3.63) is 72.2 Å². The Bertz CT molecular complexity index is 1340. The minimum atomic E-state index is -1.43. The summed E-state index contributed by atoms with van der Waals surface area (Å²) in [5.74, 6) is 0.975. The third-order valence-corrected chi connectivity index (χ3v) is 8.32. The Labute approximate surface area is 217 Å². The van der Waals surface area contributed by atoms with Crippen LogP contribution >= 0.6 is 9.24 Å². The van der Waals surface area contributed by atoms with Crippen molar-refractivity contribution < 1.29 is 18.3 Å². The van der Waals surface area contributed by atoms with E-state index in [4.69, 9.17) is 4.74 Å². The topological polar surface area (TPSA) is 57.7 Å². The Balaban J connectivity index is 1.28. The molecule has 0 aliphatic carbocycles. The van der Waals surface area contributed by atoms with Crippen LogP contribution in [0, 0.1) is 5.82 Å². The van der Waals surface area contributed by atoms with E-state index in [0.29, 0.717) is 55.3 Å². The Hall–Kier alpha value is -3.25. The molecule has 6 rings (SSSR count). The van der Waals surface area contributed by atoms with Crippen LogP contribution < -0.4 is 15.0 Å². The molecule has 4 heterocycles. The first kappa shape index (κ1) is 24.1. The number of para-hydroxylation sites is 1. The van der Waals surface area contributed by atoms with Gasteiger partial charge in [0.1, 0.15) is 17.0 Å². The number of nitrogens with one attached hydrogen (secondary N) is 1. The number of amides is 2. The van der Waals surface area contributed by atoms with Crippen molar-refractivity contribution >= 4 is 26.8 Å². The van der Waals surface area contributed by atoms with Crippen molar-refractivity contribution in [1.82, 2.24) is 9.88 Å². The number of anilines is 2. The van der Waals surface area contributed by atoms with E-state index in [9.17, 15) is 13.6 Å². The fraction of sp³-hybridized carbons (Fsp3) is 0.357. The molecular formula is C28H29F2N4O2P. The molecule has 1 N–H and O–H groups in total. The predicted octanol–water partition coefficient (Wildman–Crippen LogP) is 5.60. The van der Waals surface area contributed by atoms with E-state index >= 15 is 0 Å². The lowest BCUT2D eigenvalue weighted by Gasteiger charge is -2.38. The minimum Gasteiger partial charge on any atom is -0.492 e. The fourth-order valence-electron chi connectivity index (χ4n) is 5.76. The quantitative estimate of drug-likeness (QED) is 0.456. The van der Waals surface area contributed by atoms with Gasteiger partial charge in [0.15, 0.2) is 5.82 Å². The molecular weight excluding hydrogens is 493 g/mol. The molecule has 0 radical (unpaired) electrons. The molecule has 2 amide bonds. The molecule has 0 saturated carbocycles. The third-order valence-electron chi connectivity index (χ3n) is 7.85. The fourth-order valence-corrected chi connectivity index (χ4v) is 6.11. The van der Waals surface area contributed by atoms with Gasteiger partial charge in [0.2, 0.25) is 0 Å². The van der Waals surface area contributed by atoms with Crippen LogP contribution in [-0.2, 0) is 5.41 Å². The number of hydrogen-bond donors (Lipinski definition) is 1. The van der Waals surface area contributed by atoms with E-state index in [0.717, 1.165) is 18.6 Å². The van der Waals surface area contributed by atoms with Gasteiger partial charge >= 0.3 is 6.03 Å². The summed E-state index contributed by atoms with van der Waals surface area (Å²) in [6, 6.07) is 16.0. The summed E-state index contributed by atoms with van der Waals surface area (Å²) in [7, 11) is 2.26. The number of alkyl halides is 1. The highest BCUT2D eigenvalue weighted by Gasteiger charge is 2.44. The molecule has 6 nitrogen and oxygen atoms in total. The second kappa shape index (κ2) is 9.25. The first-order valence-corrected chi connectivity index (χ1v) is 13.2. The number of piperidine rings is 1. The molecule has 3 aromatic rings. The van der Waals surface area contributed by atoms with Crippen LogP contribution in [0.25, 0.3) is 11.1 Å². The van der Waals surface area contributed by atoms with Crippen LogP contribution in [0.5, 0.6) is 5.75 Å². The van der Waals surface area contributed by atoms with Gasteiger partial charge in [-0.05, 0) is 31.0 Å². The number of carbonyl (C=O) groups is 1. The number of likely N-dealkylation sites (tertiary alicyclic amines) is 1. The van der Waals surface area contributed by atoms with Crippen LogP contribution in [0.3, 0.4) is 0 Å². The first-order chi connectivity index (χ1) is 17.9. The van der Waals surface area contributed by atoms with E-state index < -0.39 is 11.2 Å². The first-order valence-electron chi connectivity index (χ1n) is 12.6. The summed E-state index contributed by atoms with van der Waals surface area (Å²) in [5.41, 5.74) is 2.41. The summed E-state index contributed by atoms with van der Waals surface area (Å²) in [5, 5.41) is 1.60. The van der Waals surface area contributed by atoms with Crippen molar-refractivity contribution in [3.8, 4) is 16.9 Å². The average molecular weight is 523 g/mol. The highest BCUT2D eigenvalue weighted by molar-refractivity contribution is 7.18. The Morgan fingerprint density at radius 3 is 2.51 bits per heavy atom. The molecule has 2 aromatic carbocycles. The van der Waals surface area contributed by atoms with Crippen molar-refractivity contribution in [2.45, 2.75) is 30.1 Å². The summed E-state index contributed by atoms with van der Waals surface area (Å²) < 4.78 is 35.5. The smallest absolute Gasteiger partial charge is 0.321 e. The van der Waals surface area contributed by atoms with Crippen LogP contribution in [0.4, 0.5) is 25.1 Å². The Morgan fingerprint density at radius 1 is 1.00 bits per heavy atom. The number of urea groups is 1. The number of ether oxygens (including phenoxy) is 1. The van der Waals surface area contributed by atoms with Crippen molar-refractivity contribution in [2.24, 2.45) is 0 Å². The normalized spacial score (nSPS) is 22.1. The van der Waals surface area contributed by atoms with Crippen LogP contribution in [0.1, 0.15) is 24.8 Å². The number of fused-ring (bicyclic) bond motifs is 2. The molecule has 2 unspecified atom stereocenters. The number of benzene rings is 2. The van der Waals surface area contributed by atoms with Gasteiger partial charge in [-0.15, -0.1) is 0 Å². The number of hydrogen-bond acceptors (Lipinski definition) is 4. The maximum absolute atomic E-state index is 14.8. The number of rotatable bonds is 3. The Kier molecular flexibility index (Phi) is 6.03. The molecule has 0 bridgehead atoms. The largest absolute Gasteiger partial charge is 0.492 e. The van der Waals surface area contributed by atoms with E-state index in [1.54, 1.807) is 35.4 Å². The minimum absolute atomic E-state index is 0.0794. The zero-order valence-electron chi connectivity index (χ0n) is 20.4. The number of carbonyl (C=O) groups excluding carboxylic acids is 1. The number of aromatic nitrogens is 1. The molecule has 192 valence electrons. The van der Waals surface area contributed by atoms with Gasteiger partial charge in [-0.2, -0.15) is 0 Å². The highest BCUT2D eigenvalue weighted by atomic mass is 31.0. The molecule has 2 fully saturated rings. The molecule has 2 saturated heterocycles. The van der Waals surface area contributed by atoms with Gasteiger partial charge in [-0.3, -0.25) is 0 Å². The summed E-state index contributed by atoms with van der Waals surface area (Å²) in [4.78, 5) is 21.6. The number of halogens is 2. The standard InChI is InChI=1S/C28H29F2N4O2P/c29-22-7-3-1-5-19(22)20-9-13-31-25(34-16-12-28(30,37)17-34)24(20)32-26(35)33-14-10-27(11-15-33)18-36-23-8-4-2-6-21(23)27/h1-9,13H,10-12,14-18,37H2,(H,32,35). The predicted molar refractivity (Wildman–Crippen MR) is 143 cm³/mol. The van der Waals surface area contributed by atoms with E-state index in [2.05, 4.69) is 25.6 Å². The lowest BCUT2D eigenvalue weighted by Crippen LogP contribution is -2.47. The maximum Gasteiger partial charge on any atom is 0.321 e. The van der Waals surface area contributed by atoms with Gasteiger partial charge < -0.3 is 19.9 Å². The number of pyridine rings is 1. The molecule has 2 atom stereocenters. The van der Waals surface area contributed by atoms with Gasteiger partial charge in [-0.1, -0.05) is 45.6 Å². The van der Waals surface area contributed by atoms with Crippen LogP contribution in [-0.4, -0.2) is 54.1 Å². The molecule has 9 heteroatoms. The molecule has 37 heavy (non-hydrogen) atoms. The summed E-state index contributed by atoms with van der Waals surface area (Å²) >= 11 is 0. The van der Waals surface area contributed by atoms with E-state index in [1.807, 2.05) is 23.1 Å². The molecule has 1 aromatic heterocycles. The zero-order valence-corrected chi connectivity index (χ0v) is 21.6. The molecule has 3 aliphatic rings. The average Bonchev–Trinajstić information content (AvgIpc) is 3.45.